The minimum absolute atomic E-state index is 0. The molecule has 1 aromatic heterocycles. The first-order valence-corrected chi connectivity index (χ1v) is 9.25. The van der Waals surface area contributed by atoms with E-state index in [1.165, 1.54) is 24.3 Å². The predicted molar refractivity (Wildman–Crippen MR) is 121 cm³/mol. The first kappa shape index (κ1) is 24.2. The Labute approximate surface area is 185 Å². The number of benzene rings is 1. The van der Waals surface area contributed by atoms with E-state index < -0.39 is 0 Å². The van der Waals surface area contributed by atoms with Crippen LogP contribution in [0, 0.1) is 5.82 Å². The normalized spacial score (nSPS) is 12.1. The SMILES string of the molecule is CN=C(NCC(=O)Nc1ccc(F)cc1)N(C)Cc1csc(C(C)OC)n1.I. The molecule has 1 heterocycles. The fraction of sp³-hybridized carbons (Fsp3) is 0.389. The molecule has 1 aromatic carbocycles. The third-order valence-corrected chi connectivity index (χ3v) is 4.83. The van der Waals surface area contributed by atoms with Gasteiger partial charge >= 0.3 is 0 Å². The molecule has 2 N–H and O–H groups in total. The summed E-state index contributed by atoms with van der Waals surface area (Å²) in [5, 5.41) is 8.60. The van der Waals surface area contributed by atoms with Crippen molar-refractivity contribution in [3.05, 3.63) is 46.2 Å². The summed E-state index contributed by atoms with van der Waals surface area (Å²) in [5.74, 6) is -0.0298. The molecule has 1 atom stereocenters. The van der Waals surface area contributed by atoms with Crippen molar-refractivity contribution in [2.75, 3.05) is 33.1 Å². The minimum Gasteiger partial charge on any atom is -0.375 e. The number of nitrogens with zero attached hydrogens (tertiary/aromatic N) is 3. The number of thiazole rings is 1. The van der Waals surface area contributed by atoms with Crippen LogP contribution in [0.5, 0.6) is 0 Å². The lowest BCUT2D eigenvalue weighted by Crippen LogP contribution is -2.42. The summed E-state index contributed by atoms with van der Waals surface area (Å²) in [6.45, 7) is 2.54. The van der Waals surface area contributed by atoms with Gasteiger partial charge in [0.15, 0.2) is 5.96 Å². The van der Waals surface area contributed by atoms with E-state index in [4.69, 9.17) is 4.74 Å². The van der Waals surface area contributed by atoms with Crippen LogP contribution in [0.4, 0.5) is 10.1 Å². The largest absolute Gasteiger partial charge is 0.375 e. The molecule has 1 amide bonds. The monoisotopic (exact) mass is 521 g/mol. The van der Waals surface area contributed by atoms with Crippen LogP contribution < -0.4 is 10.6 Å². The molecule has 0 radical (unpaired) electrons. The number of carbonyl (C=O) groups is 1. The smallest absolute Gasteiger partial charge is 0.243 e. The van der Waals surface area contributed by atoms with E-state index >= 15 is 0 Å². The van der Waals surface area contributed by atoms with Crippen molar-refractivity contribution in [1.82, 2.24) is 15.2 Å². The Hall–Kier alpha value is -1.79. The Morgan fingerprint density at radius 3 is 2.68 bits per heavy atom. The molecule has 2 rings (SSSR count). The molecule has 0 bridgehead atoms. The molecule has 0 aliphatic carbocycles. The number of guanidine groups is 1. The summed E-state index contributed by atoms with van der Waals surface area (Å²) in [6.07, 6.45) is -0.0401. The molecule has 0 saturated carbocycles. The zero-order valence-corrected chi connectivity index (χ0v) is 19.4. The van der Waals surface area contributed by atoms with E-state index in [-0.39, 0.29) is 48.3 Å². The Morgan fingerprint density at radius 1 is 1.39 bits per heavy atom. The van der Waals surface area contributed by atoms with E-state index in [0.717, 1.165) is 10.7 Å². The third kappa shape index (κ3) is 7.32. The number of rotatable bonds is 7. The number of hydrogen-bond donors (Lipinski definition) is 2. The summed E-state index contributed by atoms with van der Waals surface area (Å²) in [6, 6.07) is 5.61. The van der Waals surface area contributed by atoms with Crippen molar-refractivity contribution in [3.63, 3.8) is 0 Å². The molecule has 0 saturated heterocycles. The number of nitrogens with one attached hydrogen (secondary N) is 2. The van der Waals surface area contributed by atoms with Gasteiger partial charge in [0.1, 0.15) is 16.9 Å². The molecular weight excluding hydrogens is 496 g/mol. The van der Waals surface area contributed by atoms with Crippen LogP contribution in [0.25, 0.3) is 0 Å². The maximum Gasteiger partial charge on any atom is 0.243 e. The van der Waals surface area contributed by atoms with Crippen molar-refractivity contribution in [2.45, 2.75) is 19.6 Å². The first-order valence-electron chi connectivity index (χ1n) is 8.37. The molecule has 7 nitrogen and oxygen atoms in total. The summed E-state index contributed by atoms with van der Waals surface area (Å²) < 4.78 is 18.2. The van der Waals surface area contributed by atoms with Gasteiger partial charge in [-0.2, -0.15) is 0 Å². The number of ether oxygens (including phenoxy) is 1. The van der Waals surface area contributed by atoms with Crippen molar-refractivity contribution in [2.24, 2.45) is 4.99 Å². The fourth-order valence-electron chi connectivity index (χ4n) is 2.28. The Kier molecular flexibility index (Phi) is 10.3. The van der Waals surface area contributed by atoms with Gasteiger partial charge in [0.25, 0.3) is 0 Å². The molecule has 0 spiro atoms. The Bertz CT molecular complexity index is 785. The van der Waals surface area contributed by atoms with Gasteiger partial charge in [-0.1, -0.05) is 0 Å². The summed E-state index contributed by atoms with van der Waals surface area (Å²) in [7, 11) is 5.17. The molecule has 28 heavy (non-hydrogen) atoms. The van der Waals surface area contributed by atoms with Crippen molar-refractivity contribution in [1.29, 1.82) is 0 Å². The molecule has 0 aliphatic rings. The summed E-state index contributed by atoms with van der Waals surface area (Å²) >= 11 is 1.55. The van der Waals surface area contributed by atoms with Gasteiger partial charge in [-0.15, -0.1) is 35.3 Å². The number of carbonyl (C=O) groups excluding carboxylic acids is 1. The Morgan fingerprint density at radius 2 is 2.07 bits per heavy atom. The second-order valence-corrected chi connectivity index (χ2v) is 6.76. The molecule has 1 unspecified atom stereocenters. The number of methoxy groups -OCH3 is 1. The van der Waals surface area contributed by atoms with Gasteiger partial charge in [-0.3, -0.25) is 9.79 Å². The second kappa shape index (κ2) is 11.9. The van der Waals surface area contributed by atoms with Crippen LogP contribution in [0.3, 0.4) is 0 Å². The van der Waals surface area contributed by atoms with Gasteiger partial charge in [0, 0.05) is 32.3 Å². The molecule has 2 aromatic rings. The molecule has 0 fully saturated rings. The van der Waals surface area contributed by atoms with Crippen LogP contribution in [0.15, 0.2) is 34.6 Å². The predicted octanol–water partition coefficient (Wildman–Crippen LogP) is 3.25. The first-order chi connectivity index (χ1) is 12.9. The van der Waals surface area contributed by atoms with Crippen LogP contribution in [-0.4, -0.2) is 49.5 Å². The summed E-state index contributed by atoms with van der Waals surface area (Å²) in [4.78, 5) is 22.7. The molecule has 10 heteroatoms. The number of halogens is 2. The number of anilines is 1. The van der Waals surface area contributed by atoms with E-state index in [1.807, 2.05) is 24.3 Å². The van der Waals surface area contributed by atoms with Gasteiger partial charge in [-0.05, 0) is 31.2 Å². The number of aromatic nitrogens is 1. The van der Waals surface area contributed by atoms with E-state index in [9.17, 15) is 9.18 Å². The van der Waals surface area contributed by atoms with Crippen molar-refractivity contribution < 1.29 is 13.9 Å². The highest BCUT2D eigenvalue weighted by Crippen LogP contribution is 2.20. The standard InChI is InChI=1S/C18H24FN5O2S.HI/c1-12(26-4)17-23-15(11-27-17)10-24(3)18(20-2)21-9-16(25)22-14-7-5-13(19)6-8-14;/h5-8,11-12H,9-10H2,1-4H3,(H,20,21)(H,22,25);1H. The number of amides is 1. The van der Waals surface area contributed by atoms with Crippen LogP contribution in [-0.2, 0) is 16.1 Å². The average molecular weight is 521 g/mol. The third-order valence-electron chi connectivity index (χ3n) is 3.78. The minimum atomic E-state index is -0.349. The highest BCUT2D eigenvalue weighted by molar-refractivity contribution is 14.0. The quantitative estimate of drug-likeness (QED) is 0.333. The summed E-state index contributed by atoms with van der Waals surface area (Å²) in [5.41, 5.74) is 1.44. The molecule has 0 aliphatic heterocycles. The van der Waals surface area contributed by atoms with Gasteiger partial charge in [0.2, 0.25) is 5.91 Å². The topological polar surface area (TPSA) is 78.9 Å². The lowest BCUT2D eigenvalue weighted by molar-refractivity contribution is -0.115. The number of hydrogen-bond acceptors (Lipinski definition) is 5. The number of aliphatic imine (C=N–C) groups is 1. The van der Waals surface area contributed by atoms with E-state index in [0.29, 0.717) is 18.2 Å². The fourth-order valence-corrected chi connectivity index (χ4v) is 3.12. The van der Waals surface area contributed by atoms with Crippen molar-refractivity contribution in [3.8, 4) is 0 Å². The van der Waals surface area contributed by atoms with E-state index in [2.05, 4.69) is 20.6 Å². The van der Waals surface area contributed by atoms with Crippen LogP contribution >= 0.6 is 35.3 Å². The van der Waals surface area contributed by atoms with Crippen LogP contribution in [0.2, 0.25) is 0 Å². The maximum absolute atomic E-state index is 12.9. The zero-order valence-electron chi connectivity index (χ0n) is 16.2. The Balaban J connectivity index is 0.00000392. The van der Waals surface area contributed by atoms with Crippen molar-refractivity contribution >= 4 is 52.9 Å². The molecular formula is C18H25FIN5O2S. The highest BCUT2D eigenvalue weighted by Gasteiger charge is 2.13. The van der Waals surface area contributed by atoms with Gasteiger partial charge in [0.05, 0.1) is 18.8 Å². The lowest BCUT2D eigenvalue weighted by Gasteiger charge is -2.21. The van der Waals surface area contributed by atoms with Crippen LogP contribution in [0.1, 0.15) is 23.7 Å². The molecule has 154 valence electrons. The van der Waals surface area contributed by atoms with Gasteiger partial charge in [-0.25, -0.2) is 9.37 Å². The second-order valence-electron chi connectivity index (χ2n) is 5.87. The maximum atomic E-state index is 12.9. The van der Waals surface area contributed by atoms with E-state index in [1.54, 1.807) is 25.5 Å². The average Bonchev–Trinajstić information content (AvgIpc) is 3.12. The lowest BCUT2D eigenvalue weighted by atomic mass is 10.3. The zero-order chi connectivity index (χ0) is 19.8. The van der Waals surface area contributed by atoms with Gasteiger partial charge < -0.3 is 20.3 Å². The highest BCUT2D eigenvalue weighted by atomic mass is 127.